The summed E-state index contributed by atoms with van der Waals surface area (Å²) >= 11 is 2.08. The summed E-state index contributed by atoms with van der Waals surface area (Å²) in [5, 5.41) is 9.21. The molecule has 0 spiro atoms. The summed E-state index contributed by atoms with van der Waals surface area (Å²) in [6.07, 6.45) is 0. The molecule has 1 amide bonds. The molecule has 2 rings (SSSR count). The number of carbonyl (C=O) groups excluding carboxylic acids is 1. The number of H-pyrrole nitrogens is 1. The van der Waals surface area contributed by atoms with Crippen LogP contribution in [0.1, 0.15) is 21.7 Å². The molecular formula is C14H17IN4O3S. The van der Waals surface area contributed by atoms with E-state index in [0.29, 0.717) is 17.0 Å². The van der Waals surface area contributed by atoms with E-state index in [9.17, 15) is 13.2 Å². The summed E-state index contributed by atoms with van der Waals surface area (Å²) in [7, 11) is -3.65. The summed E-state index contributed by atoms with van der Waals surface area (Å²) in [5.74, 6) is -0.232. The highest BCUT2D eigenvalue weighted by Gasteiger charge is 2.21. The number of benzene rings is 1. The highest BCUT2D eigenvalue weighted by Crippen LogP contribution is 2.15. The molecule has 0 fully saturated rings. The van der Waals surface area contributed by atoms with Gasteiger partial charge < -0.3 is 5.32 Å². The number of sulfonamides is 1. The normalized spacial score (nSPS) is 11.4. The first-order chi connectivity index (χ1) is 10.8. The van der Waals surface area contributed by atoms with Crippen molar-refractivity contribution in [2.45, 2.75) is 18.7 Å². The Hall–Kier alpha value is -1.46. The number of rotatable bonds is 6. The van der Waals surface area contributed by atoms with Crippen LogP contribution in [0.5, 0.6) is 0 Å². The molecule has 3 N–H and O–H groups in total. The second kappa shape index (κ2) is 7.41. The smallest absolute Gasteiger partial charge is 0.252 e. The van der Waals surface area contributed by atoms with E-state index in [-0.39, 0.29) is 23.9 Å². The molecule has 124 valence electrons. The first-order valence-corrected chi connectivity index (χ1v) is 9.43. The lowest BCUT2D eigenvalue weighted by molar-refractivity contribution is 0.0953. The van der Waals surface area contributed by atoms with Crippen molar-refractivity contribution >= 4 is 38.5 Å². The highest BCUT2D eigenvalue weighted by molar-refractivity contribution is 14.1. The number of carbonyl (C=O) groups is 1. The van der Waals surface area contributed by atoms with E-state index in [1.807, 2.05) is 12.1 Å². The molecule has 0 unspecified atom stereocenters. The number of aryl methyl sites for hydroxylation is 2. The maximum absolute atomic E-state index is 12.2. The van der Waals surface area contributed by atoms with Gasteiger partial charge in [0.15, 0.2) is 0 Å². The lowest BCUT2D eigenvalue weighted by atomic mass is 10.2. The second-order valence-corrected chi connectivity index (χ2v) is 7.76. The molecule has 0 saturated heterocycles. The molecule has 0 radical (unpaired) electrons. The van der Waals surface area contributed by atoms with Crippen LogP contribution in [0.15, 0.2) is 29.2 Å². The van der Waals surface area contributed by atoms with Crippen LogP contribution in [0, 0.1) is 17.4 Å². The van der Waals surface area contributed by atoms with Gasteiger partial charge in [-0.1, -0.05) is 12.1 Å². The van der Waals surface area contributed by atoms with Gasteiger partial charge in [0, 0.05) is 16.7 Å². The van der Waals surface area contributed by atoms with Crippen LogP contribution >= 0.6 is 22.6 Å². The molecule has 1 aromatic heterocycles. The molecule has 1 aromatic carbocycles. The first-order valence-electron chi connectivity index (χ1n) is 6.87. The molecule has 0 atom stereocenters. The molecule has 0 saturated carbocycles. The van der Waals surface area contributed by atoms with E-state index in [1.165, 1.54) is 0 Å². The van der Waals surface area contributed by atoms with Crippen molar-refractivity contribution in [1.82, 2.24) is 20.2 Å². The zero-order valence-electron chi connectivity index (χ0n) is 12.7. The lowest BCUT2D eigenvalue weighted by Gasteiger charge is -2.09. The van der Waals surface area contributed by atoms with E-state index < -0.39 is 10.0 Å². The predicted octanol–water partition coefficient (Wildman–Crippen LogP) is 1.34. The number of aromatic amines is 1. The third kappa shape index (κ3) is 4.30. The molecule has 0 aliphatic carbocycles. The van der Waals surface area contributed by atoms with Gasteiger partial charge in [-0.15, -0.1) is 0 Å². The van der Waals surface area contributed by atoms with Crippen molar-refractivity contribution in [2.75, 3.05) is 13.1 Å². The van der Waals surface area contributed by atoms with Crippen molar-refractivity contribution in [3.05, 3.63) is 44.8 Å². The number of hydrogen-bond donors (Lipinski definition) is 3. The van der Waals surface area contributed by atoms with Gasteiger partial charge in [-0.2, -0.15) is 5.10 Å². The summed E-state index contributed by atoms with van der Waals surface area (Å²) in [5.41, 5.74) is 1.47. The van der Waals surface area contributed by atoms with Gasteiger partial charge >= 0.3 is 0 Å². The van der Waals surface area contributed by atoms with E-state index in [4.69, 9.17) is 0 Å². The van der Waals surface area contributed by atoms with Crippen LogP contribution in [-0.4, -0.2) is 37.6 Å². The molecule has 0 aliphatic rings. The highest BCUT2D eigenvalue weighted by atomic mass is 127. The SMILES string of the molecule is Cc1n[nH]c(C)c1S(=O)(=O)NCCNC(=O)c1ccccc1I. The van der Waals surface area contributed by atoms with E-state index in [0.717, 1.165) is 3.57 Å². The Morgan fingerprint density at radius 1 is 1.26 bits per heavy atom. The Balaban J connectivity index is 1.91. The van der Waals surface area contributed by atoms with Gasteiger partial charge in [0.05, 0.1) is 17.0 Å². The lowest BCUT2D eigenvalue weighted by Crippen LogP contribution is -2.35. The topological polar surface area (TPSA) is 104 Å². The maximum Gasteiger partial charge on any atom is 0.252 e. The number of nitrogens with one attached hydrogen (secondary N) is 3. The molecule has 23 heavy (non-hydrogen) atoms. The largest absolute Gasteiger partial charge is 0.351 e. The van der Waals surface area contributed by atoms with Crippen molar-refractivity contribution < 1.29 is 13.2 Å². The minimum absolute atomic E-state index is 0.0988. The average Bonchev–Trinajstić information content (AvgIpc) is 2.83. The van der Waals surface area contributed by atoms with E-state index >= 15 is 0 Å². The van der Waals surface area contributed by atoms with Gasteiger partial charge in [-0.05, 0) is 48.6 Å². The number of halogens is 1. The Morgan fingerprint density at radius 2 is 1.96 bits per heavy atom. The fourth-order valence-corrected chi connectivity index (χ4v) is 4.14. The Bertz CT molecular complexity index is 798. The van der Waals surface area contributed by atoms with Gasteiger partial charge in [0.2, 0.25) is 10.0 Å². The Labute approximate surface area is 148 Å². The number of hydrogen-bond acceptors (Lipinski definition) is 4. The second-order valence-electron chi connectivity index (χ2n) is 4.90. The monoisotopic (exact) mass is 448 g/mol. The van der Waals surface area contributed by atoms with E-state index in [1.54, 1.807) is 26.0 Å². The van der Waals surface area contributed by atoms with Crippen molar-refractivity contribution in [2.24, 2.45) is 0 Å². The third-order valence-corrected chi connectivity index (χ3v) is 5.81. The van der Waals surface area contributed by atoms with Crippen LogP contribution in [-0.2, 0) is 10.0 Å². The first kappa shape index (κ1) is 17.9. The maximum atomic E-state index is 12.2. The van der Waals surface area contributed by atoms with Gasteiger partial charge in [0.1, 0.15) is 4.90 Å². The molecule has 0 bridgehead atoms. The summed E-state index contributed by atoms with van der Waals surface area (Å²) in [4.78, 5) is 12.2. The van der Waals surface area contributed by atoms with Crippen molar-refractivity contribution in [3.8, 4) is 0 Å². The summed E-state index contributed by atoms with van der Waals surface area (Å²) in [6.45, 7) is 3.56. The molecule has 0 aliphatic heterocycles. The molecule has 9 heteroatoms. The van der Waals surface area contributed by atoms with E-state index in [2.05, 4.69) is 42.8 Å². The zero-order chi connectivity index (χ0) is 17.0. The Morgan fingerprint density at radius 3 is 2.57 bits per heavy atom. The van der Waals surface area contributed by atoms with Gasteiger partial charge in [-0.25, -0.2) is 13.1 Å². The van der Waals surface area contributed by atoms with Crippen LogP contribution in [0.4, 0.5) is 0 Å². The zero-order valence-corrected chi connectivity index (χ0v) is 15.7. The molecule has 7 nitrogen and oxygen atoms in total. The quantitative estimate of drug-likeness (QED) is 0.459. The van der Waals surface area contributed by atoms with Crippen molar-refractivity contribution in [1.29, 1.82) is 0 Å². The summed E-state index contributed by atoms with van der Waals surface area (Å²) in [6, 6.07) is 7.19. The number of nitrogens with zero attached hydrogens (tertiary/aromatic N) is 1. The minimum Gasteiger partial charge on any atom is -0.351 e. The Kier molecular flexibility index (Phi) is 5.76. The predicted molar refractivity (Wildman–Crippen MR) is 94.7 cm³/mol. The fourth-order valence-electron chi connectivity index (χ4n) is 2.11. The number of aromatic nitrogens is 2. The van der Waals surface area contributed by atoms with Crippen molar-refractivity contribution in [3.63, 3.8) is 0 Å². The minimum atomic E-state index is -3.65. The van der Waals surface area contributed by atoms with Gasteiger partial charge in [0.25, 0.3) is 5.91 Å². The average molecular weight is 448 g/mol. The van der Waals surface area contributed by atoms with Crippen LogP contribution in [0.25, 0.3) is 0 Å². The van der Waals surface area contributed by atoms with Crippen LogP contribution in [0.2, 0.25) is 0 Å². The third-order valence-electron chi connectivity index (χ3n) is 3.15. The molecule has 2 aromatic rings. The van der Waals surface area contributed by atoms with Crippen LogP contribution < -0.4 is 10.0 Å². The van der Waals surface area contributed by atoms with Crippen LogP contribution in [0.3, 0.4) is 0 Å². The fraction of sp³-hybridized carbons (Fsp3) is 0.286. The standard InChI is InChI=1S/C14H17IN4O3S/c1-9-13(10(2)19-18-9)23(21,22)17-8-7-16-14(20)11-5-3-4-6-12(11)15/h3-6,17H,7-8H2,1-2H3,(H,16,20)(H,18,19). The summed E-state index contributed by atoms with van der Waals surface area (Å²) < 4.78 is 27.7. The molecular weight excluding hydrogens is 431 g/mol. The molecule has 1 heterocycles. The number of amides is 1. The van der Waals surface area contributed by atoms with Gasteiger partial charge in [-0.3, -0.25) is 9.89 Å².